The Morgan fingerprint density at radius 2 is 2.27 bits per heavy atom. The number of nitrogens with zero attached hydrogens (tertiary/aromatic N) is 1. The van der Waals surface area contributed by atoms with Gasteiger partial charge in [-0.1, -0.05) is 0 Å². The average molecular weight is 246 g/mol. The number of hydrogen-bond donors (Lipinski definition) is 1. The van der Waals surface area contributed by atoms with Gasteiger partial charge in [0, 0.05) is 42.0 Å². The van der Waals surface area contributed by atoms with E-state index in [1.165, 1.54) is 11.5 Å². The van der Waals surface area contributed by atoms with Gasteiger partial charge in [-0.3, -0.25) is 10.1 Å². The second-order valence-corrected chi connectivity index (χ2v) is 6.18. The van der Waals surface area contributed by atoms with Crippen molar-refractivity contribution < 1.29 is 9.59 Å². The Hall–Kier alpha value is -0.360. The van der Waals surface area contributed by atoms with Crippen LogP contribution in [0.15, 0.2) is 0 Å². The third-order valence-electron chi connectivity index (χ3n) is 2.45. The van der Waals surface area contributed by atoms with Crippen LogP contribution in [0.1, 0.15) is 6.42 Å². The zero-order chi connectivity index (χ0) is 10.7. The van der Waals surface area contributed by atoms with Gasteiger partial charge in [0.1, 0.15) is 0 Å². The lowest BCUT2D eigenvalue weighted by molar-refractivity contribution is -0.121. The monoisotopic (exact) mass is 246 g/mol. The number of thioether (sulfide) groups is 2. The predicted octanol–water partition coefficient (Wildman–Crippen LogP) is 0.777. The number of hydrogen-bond acceptors (Lipinski definition) is 4. The van der Waals surface area contributed by atoms with Crippen LogP contribution < -0.4 is 5.32 Å². The molecule has 2 aliphatic heterocycles. The van der Waals surface area contributed by atoms with Gasteiger partial charge in [0.2, 0.25) is 5.91 Å². The molecule has 1 N–H and O–H groups in total. The van der Waals surface area contributed by atoms with Gasteiger partial charge in [-0.15, -0.1) is 0 Å². The molecule has 1 unspecified atom stereocenters. The molecule has 3 amide bonds. The van der Waals surface area contributed by atoms with E-state index < -0.39 is 0 Å². The Bertz CT molecular complexity index is 267. The minimum atomic E-state index is -0.220. The SMILES string of the molecule is O=C1CCN(CC2CSCCS2)C(=O)N1. The quantitative estimate of drug-likeness (QED) is 0.782. The molecular weight excluding hydrogens is 232 g/mol. The first-order valence-corrected chi connectivity index (χ1v) is 7.24. The predicted molar refractivity (Wildman–Crippen MR) is 63.3 cm³/mol. The Balaban J connectivity index is 1.82. The van der Waals surface area contributed by atoms with Crippen LogP contribution in [0.3, 0.4) is 0 Å². The van der Waals surface area contributed by atoms with Gasteiger partial charge in [-0.05, 0) is 0 Å². The number of rotatable bonds is 2. The molecule has 2 rings (SSSR count). The van der Waals surface area contributed by atoms with E-state index in [0.29, 0.717) is 18.2 Å². The zero-order valence-electron chi connectivity index (χ0n) is 8.40. The van der Waals surface area contributed by atoms with Crippen LogP contribution in [0.5, 0.6) is 0 Å². The molecule has 0 aromatic carbocycles. The highest BCUT2D eigenvalue weighted by Crippen LogP contribution is 2.24. The molecule has 0 bridgehead atoms. The number of imide groups is 1. The molecule has 6 heteroatoms. The molecule has 2 aliphatic rings. The number of carbonyl (C=O) groups excluding carboxylic acids is 2. The summed E-state index contributed by atoms with van der Waals surface area (Å²) in [7, 11) is 0. The second-order valence-electron chi connectivity index (χ2n) is 3.62. The van der Waals surface area contributed by atoms with Gasteiger partial charge in [0.15, 0.2) is 0 Å². The lowest BCUT2D eigenvalue weighted by Gasteiger charge is -2.31. The number of nitrogens with one attached hydrogen (secondary N) is 1. The van der Waals surface area contributed by atoms with E-state index in [1.54, 1.807) is 4.90 Å². The number of urea groups is 1. The third-order valence-corrected chi connectivity index (χ3v) is 5.28. The van der Waals surface area contributed by atoms with Crippen molar-refractivity contribution in [3.8, 4) is 0 Å². The summed E-state index contributed by atoms with van der Waals surface area (Å²) < 4.78 is 0. The molecule has 2 fully saturated rings. The maximum atomic E-state index is 11.5. The van der Waals surface area contributed by atoms with Crippen molar-refractivity contribution in [1.29, 1.82) is 0 Å². The largest absolute Gasteiger partial charge is 0.324 e. The van der Waals surface area contributed by atoms with Crippen molar-refractivity contribution in [2.24, 2.45) is 0 Å². The van der Waals surface area contributed by atoms with Gasteiger partial charge >= 0.3 is 6.03 Å². The molecule has 4 nitrogen and oxygen atoms in total. The summed E-state index contributed by atoms with van der Waals surface area (Å²) in [5.74, 6) is 3.35. The number of carbonyl (C=O) groups is 2. The molecule has 0 saturated carbocycles. The maximum absolute atomic E-state index is 11.5. The fraction of sp³-hybridized carbons (Fsp3) is 0.778. The van der Waals surface area contributed by atoms with Crippen LogP contribution in [0.4, 0.5) is 4.79 Å². The van der Waals surface area contributed by atoms with Crippen molar-refractivity contribution >= 4 is 35.5 Å². The van der Waals surface area contributed by atoms with Crippen LogP contribution in [0.25, 0.3) is 0 Å². The third kappa shape index (κ3) is 3.04. The zero-order valence-corrected chi connectivity index (χ0v) is 10.0. The van der Waals surface area contributed by atoms with Crippen LogP contribution >= 0.6 is 23.5 Å². The molecule has 1 atom stereocenters. The summed E-state index contributed by atoms with van der Waals surface area (Å²) in [5.41, 5.74) is 0. The van der Waals surface area contributed by atoms with Crippen molar-refractivity contribution in [3.05, 3.63) is 0 Å². The Kier molecular flexibility index (Phi) is 3.80. The van der Waals surface area contributed by atoms with Gasteiger partial charge < -0.3 is 4.90 Å². The van der Waals surface area contributed by atoms with E-state index in [4.69, 9.17) is 0 Å². The first-order valence-electron chi connectivity index (χ1n) is 5.04. The van der Waals surface area contributed by atoms with Crippen molar-refractivity contribution in [1.82, 2.24) is 10.2 Å². The first kappa shape index (κ1) is 11.1. The fourth-order valence-electron chi connectivity index (χ4n) is 1.66. The smallest absolute Gasteiger partial charge is 0.323 e. The maximum Gasteiger partial charge on any atom is 0.324 e. The van der Waals surface area contributed by atoms with Crippen LogP contribution in [-0.4, -0.2) is 52.4 Å². The Morgan fingerprint density at radius 3 is 2.93 bits per heavy atom. The first-order chi connectivity index (χ1) is 7.25. The molecule has 0 aromatic rings. The highest BCUT2D eigenvalue weighted by atomic mass is 32.2. The molecule has 0 radical (unpaired) electrons. The van der Waals surface area contributed by atoms with E-state index in [1.807, 2.05) is 23.5 Å². The standard InChI is InChI=1S/C9H14N2O2S2/c12-8-1-2-11(9(13)10-8)5-7-6-14-3-4-15-7/h7H,1-6H2,(H,10,12,13). The molecule has 0 aliphatic carbocycles. The van der Waals surface area contributed by atoms with Crippen molar-refractivity contribution in [3.63, 3.8) is 0 Å². The summed E-state index contributed by atoms with van der Waals surface area (Å²) in [6, 6.07) is -0.220. The summed E-state index contributed by atoms with van der Waals surface area (Å²) in [4.78, 5) is 24.2. The van der Waals surface area contributed by atoms with Crippen molar-refractivity contribution in [2.45, 2.75) is 11.7 Å². The molecule has 84 valence electrons. The molecular formula is C9H14N2O2S2. The van der Waals surface area contributed by atoms with E-state index in [-0.39, 0.29) is 11.9 Å². The van der Waals surface area contributed by atoms with E-state index in [0.717, 1.165) is 12.3 Å². The summed E-state index contributed by atoms with van der Waals surface area (Å²) in [6.45, 7) is 1.35. The highest BCUT2D eigenvalue weighted by Gasteiger charge is 2.26. The summed E-state index contributed by atoms with van der Waals surface area (Å²) in [6.07, 6.45) is 0.441. The van der Waals surface area contributed by atoms with Gasteiger partial charge in [0.05, 0.1) is 0 Å². The van der Waals surface area contributed by atoms with E-state index in [2.05, 4.69) is 5.32 Å². The molecule has 0 spiro atoms. The van der Waals surface area contributed by atoms with Crippen LogP contribution in [0, 0.1) is 0 Å². The normalized spacial score (nSPS) is 27.7. The Morgan fingerprint density at radius 1 is 1.40 bits per heavy atom. The lowest BCUT2D eigenvalue weighted by Crippen LogP contribution is -2.51. The van der Waals surface area contributed by atoms with Gasteiger partial charge in [0.25, 0.3) is 0 Å². The van der Waals surface area contributed by atoms with E-state index in [9.17, 15) is 9.59 Å². The summed E-state index contributed by atoms with van der Waals surface area (Å²) >= 11 is 3.88. The molecule has 0 aromatic heterocycles. The topological polar surface area (TPSA) is 49.4 Å². The second kappa shape index (κ2) is 5.12. The van der Waals surface area contributed by atoms with Gasteiger partial charge in [-0.25, -0.2) is 4.79 Å². The highest BCUT2D eigenvalue weighted by molar-refractivity contribution is 8.06. The molecule has 2 heterocycles. The van der Waals surface area contributed by atoms with Crippen LogP contribution in [0.2, 0.25) is 0 Å². The minimum Gasteiger partial charge on any atom is -0.323 e. The molecule has 2 saturated heterocycles. The molecule has 15 heavy (non-hydrogen) atoms. The van der Waals surface area contributed by atoms with Crippen LogP contribution in [-0.2, 0) is 4.79 Å². The minimum absolute atomic E-state index is 0.151. The number of amides is 3. The lowest BCUT2D eigenvalue weighted by atomic mass is 10.3. The van der Waals surface area contributed by atoms with E-state index >= 15 is 0 Å². The summed E-state index contributed by atoms with van der Waals surface area (Å²) in [5, 5.41) is 2.88. The Labute approximate surface area is 97.5 Å². The fourth-order valence-corrected chi connectivity index (χ4v) is 4.34. The average Bonchev–Trinajstić information content (AvgIpc) is 2.24. The van der Waals surface area contributed by atoms with Gasteiger partial charge in [-0.2, -0.15) is 23.5 Å². The van der Waals surface area contributed by atoms with Crippen molar-refractivity contribution in [2.75, 3.05) is 30.3 Å².